The van der Waals surface area contributed by atoms with E-state index in [-0.39, 0.29) is 0 Å². The van der Waals surface area contributed by atoms with Gasteiger partial charge in [-0.2, -0.15) is 0 Å². The molecule has 1 heterocycles. The highest BCUT2D eigenvalue weighted by Gasteiger charge is 2.29. The molecule has 104 valence electrons. The Labute approximate surface area is 116 Å². The molecule has 19 heavy (non-hydrogen) atoms. The Balaban J connectivity index is 1.69. The number of hydrogen-bond acceptors (Lipinski definition) is 2. The first kappa shape index (κ1) is 13.0. The quantitative estimate of drug-likeness (QED) is 0.817. The second-order valence-corrected chi connectivity index (χ2v) is 5.97. The maximum absolute atomic E-state index is 5.61. The molecule has 1 aliphatic heterocycles. The molecule has 1 fully saturated rings. The van der Waals surface area contributed by atoms with Crippen LogP contribution in [0.5, 0.6) is 5.75 Å². The molecule has 0 saturated heterocycles. The summed E-state index contributed by atoms with van der Waals surface area (Å²) in [6.07, 6.45) is 6.45. The molecule has 1 aromatic rings. The van der Waals surface area contributed by atoms with E-state index in [0.29, 0.717) is 0 Å². The molecule has 2 atom stereocenters. The van der Waals surface area contributed by atoms with Gasteiger partial charge in [-0.1, -0.05) is 25.5 Å². The van der Waals surface area contributed by atoms with E-state index in [1.54, 1.807) is 5.56 Å². The molecule has 2 nitrogen and oxygen atoms in total. The van der Waals surface area contributed by atoms with Crippen LogP contribution in [0.15, 0.2) is 18.2 Å². The highest BCUT2D eigenvalue weighted by Crippen LogP contribution is 2.41. The first-order valence-corrected chi connectivity index (χ1v) is 7.85. The van der Waals surface area contributed by atoms with Gasteiger partial charge in [0.05, 0.1) is 6.61 Å². The molecule has 0 radical (unpaired) electrons. The average Bonchev–Trinajstić information content (AvgIpc) is 3.06. The maximum atomic E-state index is 5.61. The van der Waals surface area contributed by atoms with E-state index in [0.717, 1.165) is 37.2 Å². The van der Waals surface area contributed by atoms with Gasteiger partial charge in [0, 0.05) is 6.42 Å². The largest absolute Gasteiger partial charge is 0.493 e. The van der Waals surface area contributed by atoms with E-state index in [9.17, 15) is 0 Å². The summed E-state index contributed by atoms with van der Waals surface area (Å²) >= 11 is 0. The number of fused-ring (bicyclic) bond motifs is 1. The van der Waals surface area contributed by atoms with E-state index in [1.807, 2.05) is 0 Å². The average molecular weight is 259 g/mol. The Morgan fingerprint density at radius 2 is 2.26 bits per heavy atom. The minimum Gasteiger partial charge on any atom is -0.493 e. The van der Waals surface area contributed by atoms with E-state index in [4.69, 9.17) is 4.74 Å². The molecule has 1 aliphatic carbocycles. The van der Waals surface area contributed by atoms with Crippen molar-refractivity contribution >= 4 is 0 Å². The van der Waals surface area contributed by atoms with Crippen molar-refractivity contribution in [3.05, 3.63) is 29.3 Å². The molecule has 2 heteroatoms. The Hall–Kier alpha value is -1.02. The molecule has 1 aromatic carbocycles. The number of hydrogen-bond donors (Lipinski definition) is 1. The molecule has 1 saturated carbocycles. The van der Waals surface area contributed by atoms with Gasteiger partial charge in [-0.3, -0.25) is 0 Å². The zero-order chi connectivity index (χ0) is 13.1. The summed E-state index contributed by atoms with van der Waals surface area (Å²) in [5.41, 5.74) is 2.97. The van der Waals surface area contributed by atoms with Crippen LogP contribution in [-0.4, -0.2) is 19.7 Å². The Kier molecular flexibility index (Phi) is 4.07. The topological polar surface area (TPSA) is 21.3 Å². The van der Waals surface area contributed by atoms with E-state index < -0.39 is 0 Å². The highest BCUT2D eigenvalue weighted by molar-refractivity contribution is 5.41. The molecular weight excluding hydrogens is 234 g/mol. The van der Waals surface area contributed by atoms with Crippen molar-refractivity contribution in [1.82, 2.24) is 5.32 Å². The molecule has 0 amide bonds. The third kappa shape index (κ3) is 2.79. The highest BCUT2D eigenvalue weighted by atomic mass is 16.5. The van der Waals surface area contributed by atoms with Crippen molar-refractivity contribution < 1.29 is 4.74 Å². The van der Waals surface area contributed by atoms with Crippen molar-refractivity contribution in [2.75, 3.05) is 19.7 Å². The second-order valence-electron chi connectivity index (χ2n) is 5.97. The third-order valence-corrected chi connectivity index (χ3v) is 4.63. The summed E-state index contributed by atoms with van der Waals surface area (Å²) < 4.78 is 5.61. The summed E-state index contributed by atoms with van der Waals surface area (Å²) in [6.45, 7) is 5.44. The second kappa shape index (κ2) is 5.96. The Bertz CT molecular complexity index is 429. The lowest BCUT2D eigenvalue weighted by molar-refractivity contribution is 0.356. The van der Waals surface area contributed by atoms with Crippen LogP contribution >= 0.6 is 0 Å². The van der Waals surface area contributed by atoms with Gasteiger partial charge in [-0.05, 0) is 61.4 Å². The molecular formula is C17H25NO. The molecule has 0 bridgehead atoms. The van der Waals surface area contributed by atoms with Crippen LogP contribution in [0.4, 0.5) is 0 Å². The predicted molar refractivity (Wildman–Crippen MR) is 78.9 cm³/mol. The van der Waals surface area contributed by atoms with Crippen molar-refractivity contribution in [2.24, 2.45) is 5.92 Å². The summed E-state index contributed by atoms with van der Waals surface area (Å²) in [5.74, 6) is 2.70. The maximum Gasteiger partial charge on any atom is 0.122 e. The SMILES string of the molecule is CCCNCC1CCCC1c1ccc2c(c1)CCO2. The molecule has 0 aromatic heterocycles. The predicted octanol–water partition coefficient (Wildman–Crippen LogP) is 3.50. The standard InChI is InChI=1S/C17H25NO/c1-2-9-18-12-15-4-3-5-16(15)13-6-7-17-14(11-13)8-10-19-17/h6-7,11,15-16,18H,2-5,8-10,12H2,1H3. The number of benzene rings is 1. The zero-order valence-electron chi connectivity index (χ0n) is 12.0. The minimum absolute atomic E-state index is 0.759. The molecule has 2 unspecified atom stereocenters. The zero-order valence-corrected chi connectivity index (χ0v) is 12.0. The van der Waals surface area contributed by atoms with Crippen molar-refractivity contribution in [3.63, 3.8) is 0 Å². The monoisotopic (exact) mass is 259 g/mol. The van der Waals surface area contributed by atoms with Gasteiger partial charge in [0.1, 0.15) is 5.75 Å². The molecule has 0 spiro atoms. The fourth-order valence-corrected chi connectivity index (χ4v) is 3.62. The van der Waals surface area contributed by atoms with Crippen LogP contribution in [-0.2, 0) is 6.42 Å². The van der Waals surface area contributed by atoms with E-state index in [1.165, 1.54) is 37.8 Å². The normalized spacial score (nSPS) is 25.3. The summed E-state index contributed by atoms with van der Waals surface area (Å²) in [4.78, 5) is 0. The van der Waals surface area contributed by atoms with Gasteiger partial charge < -0.3 is 10.1 Å². The fourth-order valence-electron chi connectivity index (χ4n) is 3.62. The number of rotatable bonds is 5. The number of ether oxygens (including phenoxy) is 1. The van der Waals surface area contributed by atoms with Crippen LogP contribution in [0.25, 0.3) is 0 Å². The van der Waals surface area contributed by atoms with Crippen molar-refractivity contribution in [3.8, 4) is 5.75 Å². The lowest BCUT2D eigenvalue weighted by Gasteiger charge is -2.21. The first-order chi connectivity index (χ1) is 9.38. The van der Waals surface area contributed by atoms with Gasteiger partial charge in [-0.15, -0.1) is 0 Å². The summed E-state index contributed by atoms with van der Waals surface area (Å²) in [6, 6.07) is 6.89. The van der Waals surface area contributed by atoms with Crippen molar-refractivity contribution in [2.45, 2.75) is 44.9 Å². The van der Waals surface area contributed by atoms with Gasteiger partial charge in [-0.25, -0.2) is 0 Å². The minimum atomic E-state index is 0.759. The first-order valence-electron chi connectivity index (χ1n) is 7.85. The van der Waals surface area contributed by atoms with Crippen LogP contribution in [0, 0.1) is 5.92 Å². The third-order valence-electron chi connectivity index (χ3n) is 4.63. The Morgan fingerprint density at radius 1 is 1.32 bits per heavy atom. The lowest BCUT2D eigenvalue weighted by atomic mass is 9.87. The molecule has 3 rings (SSSR count). The van der Waals surface area contributed by atoms with E-state index in [2.05, 4.69) is 30.4 Å². The van der Waals surface area contributed by atoms with Gasteiger partial charge in [0.15, 0.2) is 0 Å². The van der Waals surface area contributed by atoms with Gasteiger partial charge in [0.25, 0.3) is 0 Å². The van der Waals surface area contributed by atoms with Crippen LogP contribution in [0.3, 0.4) is 0 Å². The van der Waals surface area contributed by atoms with Crippen LogP contribution in [0.1, 0.15) is 49.7 Å². The smallest absolute Gasteiger partial charge is 0.122 e. The lowest BCUT2D eigenvalue weighted by Crippen LogP contribution is -2.25. The summed E-state index contributed by atoms with van der Waals surface area (Å²) in [7, 11) is 0. The van der Waals surface area contributed by atoms with Crippen LogP contribution in [0.2, 0.25) is 0 Å². The fraction of sp³-hybridized carbons (Fsp3) is 0.647. The number of nitrogens with one attached hydrogen (secondary N) is 1. The van der Waals surface area contributed by atoms with Gasteiger partial charge >= 0.3 is 0 Å². The summed E-state index contributed by atoms with van der Waals surface area (Å²) in [5, 5.41) is 3.60. The molecule has 1 N–H and O–H groups in total. The van der Waals surface area contributed by atoms with E-state index >= 15 is 0 Å². The van der Waals surface area contributed by atoms with Crippen LogP contribution < -0.4 is 10.1 Å². The molecule has 2 aliphatic rings. The van der Waals surface area contributed by atoms with Gasteiger partial charge in [0.2, 0.25) is 0 Å². The Morgan fingerprint density at radius 3 is 3.16 bits per heavy atom. The van der Waals surface area contributed by atoms with Crippen molar-refractivity contribution in [1.29, 1.82) is 0 Å².